The molecule has 0 unspecified atom stereocenters. The summed E-state index contributed by atoms with van der Waals surface area (Å²) in [4.78, 5) is 44.3. The van der Waals surface area contributed by atoms with Crippen molar-refractivity contribution in [1.82, 2.24) is 24.8 Å². The second kappa shape index (κ2) is 7.70. The Balaban J connectivity index is 1.46. The molecule has 156 valence electrons. The Labute approximate surface area is 183 Å². The van der Waals surface area contributed by atoms with Crippen molar-refractivity contribution in [3.63, 3.8) is 0 Å². The third kappa shape index (κ3) is 3.42. The number of carbonyl (C=O) groups excluding carboxylic acids is 2. The normalized spacial score (nSPS) is 16.2. The average Bonchev–Trinajstić information content (AvgIpc) is 3.42. The zero-order valence-electron chi connectivity index (χ0n) is 17.3. The largest absolute Gasteiger partial charge is 0.344 e. The molecule has 5 rings (SSSR count). The van der Waals surface area contributed by atoms with E-state index in [1.165, 1.54) is 11.3 Å². The molecular weight excluding hydrogens is 410 g/mol. The summed E-state index contributed by atoms with van der Waals surface area (Å²) in [5, 5.41) is 1.01. The lowest BCUT2D eigenvalue weighted by Gasteiger charge is -2.17. The van der Waals surface area contributed by atoms with Gasteiger partial charge in [0, 0.05) is 56.4 Å². The van der Waals surface area contributed by atoms with Crippen molar-refractivity contribution >= 4 is 44.4 Å². The first-order chi connectivity index (χ1) is 15.0. The van der Waals surface area contributed by atoms with Gasteiger partial charge in [0.1, 0.15) is 16.0 Å². The zero-order valence-corrected chi connectivity index (χ0v) is 18.1. The highest BCUT2D eigenvalue weighted by Gasteiger charge is 2.34. The van der Waals surface area contributed by atoms with Crippen LogP contribution in [0, 0.1) is 0 Å². The van der Waals surface area contributed by atoms with Crippen LogP contribution in [0.2, 0.25) is 0 Å². The van der Waals surface area contributed by atoms with Crippen LogP contribution in [0.1, 0.15) is 38.1 Å². The van der Waals surface area contributed by atoms with Crippen LogP contribution in [-0.2, 0) is 0 Å². The quantitative estimate of drug-likeness (QED) is 0.495. The minimum atomic E-state index is -0.0839. The minimum absolute atomic E-state index is 0.0359. The monoisotopic (exact) mass is 431 g/mol. The van der Waals surface area contributed by atoms with Crippen molar-refractivity contribution in [3.05, 3.63) is 64.9 Å². The van der Waals surface area contributed by atoms with Gasteiger partial charge in [0.25, 0.3) is 11.8 Å². The van der Waals surface area contributed by atoms with Crippen LogP contribution in [-0.4, -0.2) is 63.8 Å². The first-order valence-electron chi connectivity index (χ1n) is 10.1. The highest BCUT2D eigenvalue weighted by atomic mass is 32.1. The van der Waals surface area contributed by atoms with E-state index in [1.54, 1.807) is 37.5 Å². The lowest BCUT2D eigenvalue weighted by molar-refractivity contribution is 0.0785. The van der Waals surface area contributed by atoms with Crippen LogP contribution in [0.25, 0.3) is 21.3 Å². The Morgan fingerprint density at radius 2 is 1.90 bits per heavy atom. The van der Waals surface area contributed by atoms with Gasteiger partial charge >= 0.3 is 0 Å². The number of benzene rings is 1. The number of nitrogens with zero attached hydrogens (tertiary/aromatic N) is 5. The molecule has 0 spiro atoms. The van der Waals surface area contributed by atoms with Crippen molar-refractivity contribution in [2.24, 2.45) is 0 Å². The van der Waals surface area contributed by atoms with Crippen LogP contribution in [0.15, 0.2) is 48.8 Å². The molecule has 7 nitrogen and oxygen atoms in total. The first kappa shape index (κ1) is 19.6. The van der Waals surface area contributed by atoms with Gasteiger partial charge in [-0.15, -0.1) is 11.3 Å². The Morgan fingerprint density at radius 3 is 2.74 bits per heavy atom. The summed E-state index contributed by atoms with van der Waals surface area (Å²) in [6.07, 6.45) is 4.07. The van der Waals surface area contributed by atoms with E-state index < -0.39 is 0 Å². The molecule has 4 aromatic rings. The van der Waals surface area contributed by atoms with Crippen LogP contribution in [0.3, 0.4) is 0 Å². The zero-order chi connectivity index (χ0) is 21.5. The number of aromatic nitrogens is 3. The number of thiophene rings is 1. The third-order valence-corrected chi connectivity index (χ3v) is 6.76. The van der Waals surface area contributed by atoms with Crippen molar-refractivity contribution in [2.45, 2.75) is 12.3 Å². The van der Waals surface area contributed by atoms with Gasteiger partial charge in [0.15, 0.2) is 0 Å². The summed E-state index contributed by atoms with van der Waals surface area (Å²) in [7, 11) is 3.49. The maximum Gasteiger partial charge on any atom is 0.272 e. The molecular formula is C23H21N5O2S. The molecule has 0 radical (unpaired) electrons. The second-order valence-corrected chi connectivity index (χ2v) is 8.88. The number of para-hydroxylation sites is 1. The number of rotatable bonds is 3. The van der Waals surface area contributed by atoms with Gasteiger partial charge in [-0.25, -0.2) is 9.97 Å². The number of carbonyl (C=O) groups is 2. The van der Waals surface area contributed by atoms with Crippen LogP contribution >= 0.6 is 11.3 Å². The maximum absolute atomic E-state index is 13.2. The fourth-order valence-electron chi connectivity index (χ4n) is 4.11. The number of hydrogen-bond donors (Lipinski definition) is 0. The van der Waals surface area contributed by atoms with Gasteiger partial charge in [0.2, 0.25) is 0 Å². The average molecular weight is 432 g/mol. The molecule has 0 aliphatic carbocycles. The smallest absolute Gasteiger partial charge is 0.272 e. The molecule has 8 heteroatoms. The Morgan fingerprint density at radius 1 is 1.10 bits per heavy atom. The van der Waals surface area contributed by atoms with E-state index in [1.807, 2.05) is 35.2 Å². The van der Waals surface area contributed by atoms with E-state index in [-0.39, 0.29) is 17.7 Å². The molecule has 1 aliphatic heterocycles. The number of likely N-dealkylation sites (tertiary alicyclic amines) is 1. The summed E-state index contributed by atoms with van der Waals surface area (Å²) in [6, 6.07) is 11.5. The minimum Gasteiger partial charge on any atom is -0.344 e. The molecule has 0 N–H and O–H groups in total. The fourth-order valence-corrected chi connectivity index (χ4v) is 5.32. The van der Waals surface area contributed by atoms with Gasteiger partial charge in [0.05, 0.1) is 10.4 Å². The summed E-state index contributed by atoms with van der Waals surface area (Å²) in [5.74, 6) is -0.103. The van der Waals surface area contributed by atoms with Gasteiger partial charge in [-0.3, -0.25) is 14.6 Å². The second-order valence-electron chi connectivity index (χ2n) is 7.88. The number of hydrogen-bond acceptors (Lipinski definition) is 6. The van der Waals surface area contributed by atoms with Gasteiger partial charge < -0.3 is 9.80 Å². The van der Waals surface area contributed by atoms with Crippen LogP contribution < -0.4 is 0 Å². The molecule has 1 saturated heterocycles. The lowest BCUT2D eigenvalue weighted by Crippen LogP contribution is -2.29. The summed E-state index contributed by atoms with van der Waals surface area (Å²) < 4.78 is 0. The van der Waals surface area contributed by atoms with Crippen molar-refractivity contribution < 1.29 is 9.59 Å². The highest BCUT2D eigenvalue weighted by Crippen LogP contribution is 2.39. The maximum atomic E-state index is 13.2. The predicted octanol–water partition coefficient (Wildman–Crippen LogP) is 3.57. The van der Waals surface area contributed by atoms with E-state index in [9.17, 15) is 9.59 Å². The Hall–Kier alpha value is -3.39. The van der Waals surface area contributed by atoms with Gasteiger partial charge in [-0.1, -0.05) is 24.3 Å². The predicted molar refractivity (Wildman–Crippen MR) is 120 cm³/mol. The number of amides is 2. The molecule has 0 bridgehead atoms. The van der Waals surface area contributed by atoms with Crippen molar-refractivity contribution in [3.8, 4) is 0 Å². The molecule has 2 amide bonds. The Kier molecular flexibility index (Phi) is 4.86. The van der Waals surface area contributed by atoms with Crippen molar-refractivity contribution in [2.75, 3.05) is 27.2 Å². The molecule has 1 aliphatic rings. The number of pyridine rings is 1. The van der Waals surface area contributed by atoms with E-state index in [0.29, 0.717) is 23.7 Å². The topological polar surface area (TPSA) is 79.3 Å². The van der Waals surface area contributed by atoms with E-state index >= 15 is 0 Å². The summed E-state index contributed by atoms with van der Waals surface area (Å²) in [5.41, 5.74) is 2.93. The molecule has 4 heterocycles. The number of fused-ring (bicyclic) bond motifs is 2. The van der Waals surface area contributed by atoms with E-state index in [2.05, 4.69) is 15.0 Å². The first-order valence-corrected chi connectivity index (χ1v) is 10.9. The highest BCUT2D eigenvalue weighted by molar-refractivity contribution is 7.20. The van der Waals surface area contributed by atoms with E-state index in [4.69, 9.17) is 0 Å². The van der Waals surface area contributed by atoms with Crippen LogP contribution in [0.4, 0.5) is 0 Å². The van der Waals surface area contributed by atoms with Crippen molar-refractivity contribution in [1.29, 1.82) is 0 Å². The molecule has 31 heavy (non-hydrogen) atoms. The van der Waals surface area contributed by atoms with Gasteiger partial charge in [-0.05, 0) is 18.6 Å². The molecule has 1 aromatic carbocycles. The molecule has 1 atom stereocenters. The lowest BCUT2D eigenvalue weighted by atomic mass is 9.97. The fraction of sp³-hybridized carbons (Fsp3) is 0.261. The molecule has 3 aromatic heterocycles. The third-order valence-electron chi connectivity index (χ3n) is 5.66. The Bertz CT molecular complexity index is 1320. The van der Waals surface area contributed by atoms with Crippen LogP contribution in [0.5, 0.6) is 0 Å². The SMILES string of the molecule is CN(C)C(=O)c1sc2nccnc2c1[C@@H]1CCN(C(=O)c2ccc3ccccc3n2)C1. The molecule has 0 saturated carbocycles. The summed E-state index contributed by atoms with van der Waals surface area (Å²) >= 11 is 1.37. The van der Waals surface area contributed by atoms with E-state index in [0.717, 1.165) is 33.2 Å². The molecule has 1 fully saturated rings. The van der Waals surface area contributed by atoms with Gasteiger partial charge in [-0.2, -0.15) is 0 Å². The standard InChI is InChI=1S/C23H21N5O2S/c1-27(2)23(30)20-18(19-21(31-20)25-11-10-24-19)15-9-12-28(13-15)22(29)17-8-7-14-5-3-4-6-16(14)26-17/h3-8,10-11,15H,9,12-13H2,1-2H3/t15-/m1/s1. The summed E-state index contributed by atoms with van der Waals surface area (Å²) in [6.45, 7) is 1.15.